The van der Waals surface area contributed by atoms with Gasteiger partial charge in [-0.15, -0.1) is 0 Å². The zero-order valence-electron chi connectivity index (χ0n) is 20.4. The Balaban J connectivity index is 1.58. The van der Waals surface area contributed by atoms with Gasteiger partial charge in [-0.25, -0.2) is 13.7 Å². The van der Waals surface area contributed by atoms with Crippen molar-refractivity contribution in [1.82, 2.24) is 25.2 Å². The number of carbonyl (C=O) groups is 2. The molecular formula is C25H28FN7O4. The second kappa shape index (κ2) is 10.4. The molecule has 4 rings (SSSR count). The molecule has 3 aromatic heterocycles. The van der Waals surface area contributed by atoms with Crippen molar-refractivity contribution in [3.8, 4) is 17.5 Å². The van der Waals surface area contributed by atoms with Crippen LogP contribution in [0.15, 0.2) is 36.7 Å². The van der Waals surface area contributed by atoms with E-state index in [0.717, 1.165) is 0 Å². The first-order chi connectivity index (χ1) is 17.5. The van der Waals surface area contributed by atoms with Gasteiger partial charge in [0.1, 0.15) is 12.2 Å². The molecular weight excluding hydrogens is 481 g/mol. The molecule has 0 saturated heterocycles. The van der Waals surface area contributed by atoms with E-state index in [4.69, 9.17) is 10.4 Å². The molecule has 0 aliphatic heterocycles. The lowest BCUT2D eigenvalue weighted by Gasteiger charge is -2.36. The minimum absolute atomic E-state index is 0.00747. The second-order valence-electron chi connectivity index (χ2n) is 9.72. The molecule has 0 aromatic carbocycles. The lowest BCUT2D eigenvalue weighted by molar-refractivity contribution is -0.00177. The maximum atomic E-state index is 14.2. The van der Waals surface area contributed by atoms with E-state index in [-0.39, 0.29) is 24.1 Å². The third kappa shape index (κ3) is 5.95. The topological polar surface area (TPSA) is 165 Å². The van der Waals surface area contributed by atoms with Crippen LogP contribution in [-0.2, 0) is 0 Å². The number of hydrogen-bond acceptors (Lipinski definition) is 7. The molecule has 3 aromatic rings. The van der Waals surface area contributed by atoms with E-state index in [2.05, 4.69) is 32.1 Å². The highest BCUT2D eigenvalue weighted by molar-refractivity contribution is 6.00. The van der Waals surface area contributed by atoms with Gasteiger partial charge in [0.05, 0.1) is 52.1 Å². The highest BCUT2D eigenvalue weighted by Crippen LogP contribution is 2.32. The van der Waals surface area contributed by atoms with E-state index in [9.17, 15) is 19.1 Å². The van der Waals surface area contributed by atoms with Crippen molar-refractivity contribution >= 4 is 23.2 Å². The highest BCUT2D eigenvalue weighted by atomic mass is 19.1. The van der Waals surface area contributed by atoms with E-state index in [1.54, 1.807) is 16.6 Å². The molecule has 3 heterocycles. The van der Waals surface area contributed by atoms with Gasteiger partial charge in [0.25, 0.3) is 5.91 Å². The van der Waals surface area contributed by atoms with Crippen molar-refractivity contribution in [2.45, 2.75) is 44.5 Å². The molecule has 2 amide bonds. The van der Waals surface area contributed by atoms with Gasteiger partial charge < -0.3 is 26.2 Å². The molecule has 0 unspecified atom stereocenters. The molecule has 1 saturated carbocycles. The van der Waals surface area contributed by atoms with Gasteiger partial charge in [-0.05, 0) is 56.9 Å². The lowest BCUT2D eigenvalue weighted by atomic mass is 9.80. The molecule has 194 valence electrons. The molecule has 1 aliphatic rings. The Labute approximate surface area is 212 Å². The quantitative estimate of drug-likeness (QED) is 0.294. The van der Waals surface area contributed by atoms with Crippen molar-refractivity contribution in [1.29, 1.82) is 5.26 Å². The largest absolute Gasteiger partial charge is 0.465 e. The van der Waals surface area contributed by atoms with Gasteiger partial charge in [-0.1, -0.05) is 0 Å². The third-order valence-corrected chi connectivity index (χ3v) is 6.39. The summed E-state index contributed by atoms with van der Waals surface area (Å²) in [5.74, 6) is -0.368. The van der Waals surface area contributed by atoms with Crippen LogP contribution >= 0.6 is 0 Å². The summed E-state index contributed by atoms with van der Waals surface area (Å²) in [7, 11) is 0. The number of alkyl halides is 1. The molecule has 1 atom stereocenters. The van der Waals surface area contributed by atoms with Gasteiger partial charge >= 0.3 is 6.09 Å². The summed E-state index contributed by atoms with van der Waals surface area (Å²) in [5.41, 5.74) is 1.40. The number of anilines is 1. The zero-order valence-corrected chi connectivity index (χ0v) is 20.4. The fourth-order valence-electron chi connectivity index (χ4n) is 4.15. The number of halogens is 1. The Hall–Kier alpha value is -4.24. The van der Waals surface area contributed by atoms with Crippen LogP contribution in [0.3, 0.4) is 0 Å². The van der Waals surface area contributed by atoms with E-state index in [1.165, 1.54) is 26.2 Å². The average Bonchev–Trinajstić information content (AvgIpc) is 3.25. The summed E-state index contributed by atoms with van der Waals surface area (Å²) in [6.07, 6.45) is 1.53. The van der Waals surface area contributed by atoms with E-state index >= 15 is 0 Å². The fraction of sp³-hybridized carbons (Fsp3) is 0.400. The summed E-state index contributed by atoms with van der Waals surface area (Å²) in [6, 6.07) is 9.09. The molecule has 11 nitrogen and oxygen atoms in total. The molecule has 1 aliphatic carbocycles. The standard InChI is InChI=1S/C25H28FN7O4/c1-25(2,37)22(26)13-29-23(34)18-12-28-20(21-4-3-17-7-15(9-27)11-31-33(17)21)8-19(18)32-16-5-14(6-16)10-30-24(35)36/h3-4,7-8,11-12,14,16,22,30,37H,5-6,10,13H2,1-2H3,(H,28,32)(H,29,34)(H,35,36)/t14?,16?,22-/m1/s1. The molecule has 0 spiro atoms. The van der Waals surface area contributed by atoms with Crippen molar-refractivity contribution in [3.63, 3.8) is 0 Å². The minimum Gasteiger partial charge on any atom is -0.465 e. The van der Waals surface area contributed by atoms with Crippen molar-refractivity contribution in [2.24, 2.45) is 5.92 Å². The van der Waals surface area contributed by atoms with E-state index in [1.807, 2.05) is 12.1 Å². The summed E-state index contributed by atoms with van der Waals surface area (Å²) >= 11 is 0. The van der Waals surface area contributed by atoms with Gasteiger partial charge in [-0.3, -0.25) is 9.78 Å². The number of carbonyl (C=O) groups excluding carboxylic acids is 1. The Bertz CT molecular complexity index is 1360. The van der Waals surface area contributed by atoms with Crippen molar-refractivity contribution in [2.75, 3.05) is 18.4 Å². The number of nitriles is 1. The number of nitrogens with one attached hydrogen (secondary N) is 3. The number of fused-ring (bicyclic) bond motifs is 1. The zero-order chi connectivity index (χ0) is 26.7. The summed E-state index contributed by atoms with van der Waals surface area (Å²) in [4.78, 5) is 28.1. The number of rotatable bonds is 9. The van der Waals surface area contributed by atoms with E-state index in [0.29, 0.717) is 47.5 Å². The smallest absolute Gasteiger partial charge is 0.404 e. The second-order valence-corrected chi connectivity index (χ2v) is 9.72. The Morgan fingerprint density at radius 1 is 1.27 bits per heavy atom. The minimum atomic E-state index is -1.66. The van der Waals surface area contributed by atoms with Gasteiger partial charge in [0.2, 0.25) is 0 Å². The van der Waals surface area contributed by atoms with Gasteiger partial charge in [-0.2, -0.15) is 10.4 Å². The van der Waals surface area contributed by atoms with Crippen LogP contribution in [0.1, 0.15) is 42.6 Å². The number of hydrogen-bond donors (Lipinski definition) is 5. The predicted octanol–water partition coefficient (Wildman–Crippen LogP) is 2.56. The molecule has 0 radical (unpaired) electrons. The van der Waals surface area contributed by atoms with Crippen LogP contribution < -0.4 is 16.0 Å². The first-order valence-corrected chi connectivity index (χ1v) is 11.8. The number of carboxylic acid groups (broad SMARTS) is 1. The Morgan fingerprint density at radius 3 is 2.70 bits per heavy atom. The lowest BCUT2D eigenvalue weighted by Crippen LogP contribution is -2.43. The van der Waals surface area contributed by atoms with Crippen LogP contribution in [0.4, 0.5) is 14.9 Å². The Kier molecular flexibility index (Phi) is 7.26. The third-order valence-electron chi connectivity index (χ3n) is 6.39. The Morgan fingerprint density at radius 2 is 2.03 bits per heavy atom. The monoisotopic (exact) mass is 509 g/mol. The maximum Gasteiger partial charge on any atom is 0.404 e. The van der Waals surface area contributed by atoms with Crippen LogP contribution in [-0.4, -0.2) is 67.7 Å². The molecule has 37 heavy (non-hydrogen) atoms. The number of aromatic nitrogens is 3. The van der Waals surface area contributed by atoms with Crippen LogP contribution in [0.25, 0.3) is 16.9 Å². The number of aliphatic hydroxyl groups is 1. The molecule has 0 bridgehead atoms. The van der Waals surface area contributed by atoms with Crippen LogP contribution in [0.2, 0.25) is 0 Å². The average molecular weight is 510 g/mol. The molecule has 1 fully saturated rings. The number of nitrogens with zero attached hydrogens (tertiary/aromatic N) is 4. The van der Waals surface area contributed by atoms with Crippen LogP contribution in [0.5, 0.6) is 0 Å². The summed E-state index contributed by atoms with van der Waals surface area (Å²) < 4.78 is 15.9. The van der Waals surface area contributed by atoms with Gasteiger partial charge in [0.15, 0.2) is 0 Å². The number of amides is 2. The predicted molar refractivity (Wildman–Crippen MR) is 133 cm³/mol. The normalized spacial score (nSPS) is 17.9. The summed E-state index contributed by atoms with van der Waals surface area (Å²) in [6.45, 7) is 2.64. The first-order valence-electron chi connectivity index (χ1n) is 11.8. The summed E-state index contributed by atoms with van der Waals surface area (Å²) in [5, 5.41) is 40.3. The fourth-order valence-corrected chi connectivity index (χ4v) is 4.15. The number of pyridine rings is 1. The highest BCUT2D eigenvalue weighted by Gasteiger charge is 2.31. The maximum absolute atomic E-state index is 14.2. The van der Waals surface area contributed by atoms with Crippen molar-refractivity contribution in [3.05, 3.63) is 47.8 Å². The van der Waals surface area contributed by atoms with Crippen molar-refractivity contribution < 1.29 is 24.2 Å². The molecule has 12 heteroatoms. The first kappa shape index (κ1) is 25.8. The molecule has 5 N–H and O–H groups in total. The SMILES string of the molecule is CC(C)(O)[C@H](F)CNC(=O)c1cnc(-c2ccc3cc(C#N)cnn23)cc1NC1CC(CNC(=O)O)C1. The van der Waals surface area contributed by atoms with Gasteiger partial charge in [0, 0.05) is 18.8 Å². The van der Waals surface area contributed by atoms with E-state index < -0.39 is 23.8 Å². The van der Waals surface area contributed by atoms with Crippen LogP contribution in [0, 0.1) is 17.2 Å².